The number of rotatable bonds is 8. The van der Waals surface area contributed by atoms with Gasteiger partial charge in [0.1, 0.15) is 17.3 Å². The highest BCUT2D eigenvalue weighted by Crippen LogP contribution is 2.26. The second kappa shape index (κ2) is 9.09. The van der Waals surface area contributed by atoms with E-state index in [0.717, 1.165) is 16.2 Å². The van der Waals surface area contributed by atoms with Crippen LogP contribution in [0.3, 0.4) is 0 Å². The maximum Gasteiger partial charge on any atom is 0.325 e. The highest BCUT2D eigenvalue weighted by Gasteiger charge is 2.50. The minimum absolute atomic E-state index is 0.303. The first kappa shape index (κ1) is 22.8. The highest BCUT2D eigenvalue weighted by atomic mass is 16.5. The molecule has 1 fully saturated rings. The molecular formula is C23H26N4O5. The fraction of sp³-hybridized carbons (Fsp3) is 0.304. The molecule has 32 heavy (non-hydrogen) atoms. The van der Waals surface area contributed by atoms with Gasteiger partial charge in [-0.05, 0) is 68.7 Å². The number of benzene rings is 2. The number of hydrogen-bond acceptors (Lipinski definition) is 5. The predicted octanol–water partition coefficient (Wildman–Crippen LogP) is 2.06. The fourth-order valence-corrected chi connectivity index (χ4v) is 3.50. The third kappa shape index (κ3) is 4.72. The summed E-state index contributed by atoms with van der Waals surface area (Å²) in [6.07, 6.45) is 0.941. The number of nitrogens with two attached hydrogens (primary N) is 1. The monoisotopic (exact) mass is 438 g/mol. The minimum atomic E-state index is -1.12. The lowest BCUT2D eigenvalue weighted by molar-refractivity contribution is -0.136. The summed E-state index contributed by atoms with van der Waals surface area (Å²) in [6.45, 7) is 3.14. The van der Waals surface area contributed by atoms with Crippen molar-refractivity contribution < 1.29 is 23.9 Å². The van der Waals surface area contributed by atoms with E-state index >= 15 is 0 Å². The maximum atomic E-state index is 13.1. The topological polar surface area (TPSA) is 131 Å². The van der Waals surface area contributed by atoms with Gasteiger partial charge in [0.05, 0.1) is 7.11 Å². The molecule has 0 radical (unpaired) electrons. The zero-order valence-corrected chi connectivity index (χ0v) is 18.2. The van der Waals surface area contributed by atoms with Crippen molar-refractivity contribution in [2.24, 2.45) is 5.73 Å². The number of anilines is 1. The third-order valence-corrected chi connectivity index (χ3v) is 5.57. The fourth-order valence-electron chi connectivity index (χ4n) is 3.50. The van der Waals surface area contributed by atoms with Gasteiger partial charge < -0.3 is 21.1 Å². The number of imide groups is 1. The van der Waals surface area contributed by atoms with Gasteiger partial charge in [-0.1, -0.05) is 12.1 Å². The first-order valence-electron chi connectivity index (χ1n) is 10.1. The molecule has 2 atom stereocenters. The molecule has 1 aliphatic rings. The Hall–Kier alpha value is -3.88. The van der Waals surface area contributed by atoms with Crippen LogP contribution < -0.4 is 21.1 Å². The second-order valence-electron chi connectivity index (χ2n) is 7.89. The smallest absolute Gasteiger partial charge is 0.325 e. The van der Waals surface area contributed by atoms with Crippen molar-refractivity contribution in [1.82, 2.24) is 10.2 Å². The van der Waals surface area contributed by atoms with E-state index in [9.17, 15) is 19.2 Å². The number of methoxy groups -OCH3 is 1. The zero-order valence-electron chi connectivity index (χ0n) is 18.2. The summed E-state index contributed by atoms with van der Waals surface area (Å²) in [7, 11) is 1.59. The van der Waals surface area contributed by atoms with Crippen LogP contribution in [-0.4, -0.2) is 47.3 Å². The summed E-state index contributed by atoms with van der Waals surface area (Å²) in [6, 6.07) is 11.8. The zero-order chi connectivity index (χ0) is 23.5. The van der Waals surface area contributed by atoms with Crippen molar-refractivity contribution in [2.45, 2.75) is 38.3 Å². The van der Waals surface area contributed by atoms with Gasteiger partial charge in [-0.15, -0.1) is 0 Å². The number of nitrogens with one attached hydrogen (secondary N) is 2. The van der Waals surface area contributed by atoms with E-state index in [2.05, 4.69) is 10.6 Å². The third-order valence-electron chi connectivity index (χ3n) is 5.57. The Morgan fingerprint density at radius 1 is 1.12 bits per heavy atom. The highest BCUT2D eigenvalue weighted by molar-refractivity contribution is 6.11. The molecule has 9 heteroatoms. The summed E-state index contributed by atoms with van der Waals surface area (Å²) in [4.78, 5) is 50.4. The Balaban J connectivity index is 1.65. The molecule has 168 valence electrons. The van der Waals surface area contributed by atoms with Crippen LogP contribution in [0, 0.1) is 0 Å². The Labute approximate surface area is 185 Å². The summed E-state index contributed by atoms with van der Waals surface area (Å²) in [5.74, 6) is -0.826. The van der Waals surface area contributed by atoms with E-state index in [4.69, 9.17) is 10.5 Å². The molecule has 2 aromatic carbocycles. The van der Waals surface area contributed by atoms with Crippen molar-refractivity contribution in [3.8, 4) is 5.75 Å². The summed E-state index contributed by atoms with van der Waals surface area (Å²) >= 11 is 0. The summed E-state index contributed by atoms with van der Waals surface area (Å²) in [5, 5.41) is 5.37. The number of urea groups is 1. The molecule has 0 saturated carbocycles. The van der Waals surface area contributed by atoms with E-state index in [1.807, 2.05) is 24.3 Å². The van der Waals surface area contributed by atoms with E-state index in [1.54, 1.807) is 14.0 Å². The van der Waals surface area contributed by atoms with Gasteiger partial charge in [0.25, 0.3) is 5.91 Å². The molecule has 0 bridgehead atoms. The molecular weight excluding hydrogens is 412 g/mol. The molecule has 0 spiro atoms. The van der Waals surface area contributed by atoms with Crippen molar-refractivity contribution >= 4 is 29.4 Å². The predicted molar refractivity (Wildman–Crippen MR) is 118 cm³/mol. The van der Waals surface area contributed by atoms with E-state index < -0.39 is 35.3 Å². The number of ether oxygens (including phenoxy) is 1. The van der Waals surface area contributed by atoms with Gasteiger partial charge in [0.15, 0.2) is 0 Å². The molecule has 4 N–H and O–H groups in total. The van der Waals surface area contributed by atoms with Crippen LogP contribution in [0.5, 0.6) is 5.75 Å². The molecule has 5 amide bonds. The summed E-state index contributed by atoms with van der Waals surface area (Å²) in [5.41, 5.74) is 5.81. The number of amides is 5. The van der Waals surface area contributed by atoms with Crippen molar-refractivity contribution in [3.63, 3.8) is 0 Å². The first-order valence-corrected chi connectivity index (χ1v) is 10.1. The number of aryl methyl sites for hydroxylation is 1. The van der Waals surface area contributed by atoms with Crippen molar-refractivity contribution in [3.05, 3.63) is 59.7 Å². The van der Waals surface area contributed by atoms with Crippen LogP contribution in [0.4, 0.5) is 10.5 Å². The molecule has 1 aliphatic heterocycles. The summed E-state index contributed by atoms with van der Waals surface area (Å²) < 4.78 is 5.14. The number of carbonyl (C=O) groups excluding carboxylic acids is 4. The van der Waals surface area contributed by atoms with Gasteiger partial charge in [0, 0.05) is 11.3 Å². The largest absolute Gasteiger partial charge is 0.497 e. The molecule has 2 unspecified atom stereocenters. The number of primary amides is 1. The van der Waals surface area contributed by atoms with E-state index in [-0.39, 0.29) is 0 Å². The Bertz CT molecular complexity index is 1040. The van der Waals surface area contributed by atoms with Crippen LogP contribution in [-0.2, 0) is 16.0 Å². The number of carbonyl (C=O) groups is 4. The average Bonchev–Trinajstić information content (AvgIpc) is 3.00. The molecule has 3 rings (SSSR count). The molecule has 0 aliphatic carbocycles. The molecule has 9 nitrogen and oxygen atoms in total. The van der Waals surface area contributed by atoms with Gasteiger partial charge in [-0.2, -0.15) is 0 Å². The van der Waals surface area contributed by atoms with Gasteiger partial charge in [-0.25, -0.2) is 9.69 Å². The van der Waals surface area contributed by atoms with Gasteiger partial charge >= 0.3 is 6.03 Å². The van der Waals surface area contributed by atoms with Crippen molar-refractivity contribution in [1.29, 1.82) is 0 Å². The van der Waals surface area contributed by atoms with Gasteiger partial charge in [-0.3, -0.25) is 14.4 Å². The average molecular weight is 438 g/mol. The minimum Gasteiger partial charge on any atom is -0.497 e. The Morgan fingerprint density at radius 3 is 2.31 bits per heavy atom. The lowest BCUT2D eigenvalue weighted by atomic mass is 9.93. The van der Waals surface area contributed by atoms with E-state index in [0.29, 0.717) is 24.1 Å². The SMILES string of the molecule is COc1ccc(CCC2(C)NC(=O)N(C(C)C(=O)Nc3ccc(C(N)=O)cc3)C2=O)cc1. The van der Waals surface area contributed by atoms with Crippen molar-refractivity contribution in [2.75, 3.05) is 12.4 Å². The lowest BCUT2D eigenvalue weighted by Crippen LogP contribution is -2.48. The molecule has 0 aromatic heterocycles. The normalized spacial score (nSPS) is 18.8. The maximum absolute atomic E-state index is 13.1. The number of hydrogen-bond donors (Lipinski definition) is 3. The second-order valence-corrected chi connectivity index (χ2v) is 7.89. The standard InChI is InChI=1S/C23H26N4O5/c1-14(20(29)25-17-8-6-16(7-9-17)19(24)28)27-21(30)23(2,26-22(27)31)13-12-15-4-10-18(32-3)11-5-15/h4-11,14H,12-13H2,1-3H3,(H2,24,28)(H,25,29)(H,26,31). The van der Waals surface area contributed by atoms with Gasteiger partial charge in [0.2, 0.25) is 11.8 Å². The van der Waals surface area contributed by atoms with E-state index in [1.165, 1.54) is 31.2 Å². The van der Waals surface area contributed by atoms with Crippen LogP contribution >= 0.6 is 0 Å². The number of nitrogens with zero attached hydrogens (tertiary/aromatic N) is 1. The van der Waals surface area contributed by atoms with Crippen LogP contribution in [0.1, 0.15) is 36.2 Å². The Kier molecular flexibility index (Phi) is 6.47. The molecule has 1 saturated heterocycles. The quantitative estimate of drug-likeness (QED) is 0.543. The lowest BCUT2D eigenvalue weighted by Gasteiger charge is -2.24. The molecule has 2 aromatic rings. The first-order chi connectivity index (χ1) is 15.1. The van der Waals surface area contributed by atoms with Crippen LogP contribution in [0.2, 0.25) is 0 Å². The Morgan fingerprint density at radius 2 is 1.75 bits per heavy atom. The van der Waals surface area contributed by atoms with Crippen LogP contribution in [0.25, 0.3) is 0 Å². The van der Waals surface area contributed by atoms with Crippen LogP contribution in [0.15, 0.2) is 48.5 Å². The molecule has 1 heterocycles.